The van der Waals surface area contributed by atoms with Crippen molar-refractivity contribution in [2.45, 2.75) is 18.9 Å². The van der Waals surface area contributed by atoms with Crippen LogP contribution in [-0.4, -0.2) is 4.98 Å². The van der Waals surface area contributed by atoms with E-state index in [4.69, 9.17) is 4.74 Å². The number of rotatable bonds is 4. The molecule has 0 amide bonds. The number of fused-ring (bicyclic) bond motifs is 1. The Morgan fingerprint density at radius 3 is 2.76 bits per heavy atom. The average molecular weight is 342 g/mol. The van der Waals surface area contributed by atoms with Crippen molar-refractivity contribution >= 4 is 26.8 Å². The first-order chi connectivity index (χ1) is 10.3. The minimum absolute atomic E-state index is 0.525. The van der Waals surface area contributed by atoms with Crippen LogP contribution in [0.1, 0.15) is 16.7 Å². The Bertz CT molecular complexity index is 765. The molecule has 0 spiro atoms. The molecule has 0 aliphatic rings. The summed E-state index contributed by atoms with van der Waals surface area (Å²) in [7, 11) is 0. The van der Waals surface area contributed by atoms with E-state index in [1.807, 2.05) is 24.4 Å². The molecule has 0 fully saturated rings. The van der Waals surface area contributed by atoms with Gasteiger partial charge in [-0.05, 0) is 19.1 Å². The summed E-state index contributed by atoms with van der Waals surface area (Å²) in [5.74, 6) is 0.922. The van der Waals surface area contributed by atoms with Crippen LogP contribution in [0.15, 0.2) is 54.7 Å². The molecule has 0 saturated carbocycles. The fraction of sp³-hybridized carbons (Fsp3) is 0.167. The third-order valence-electron chi connectivity index (χ3n) is 3.46. The van der Waals surface area contributed by atoms with Crippen LogP contribution in [0.25, 0.3) is 10.9 Å². The van der Waals surface area contributed by atoms with Crippen molar-refractivity contribution in [1.82, 2.24) is 4.98 Å². The first kappa shape index (κ1) is 14.1. The van der Waals surface area contributed by atoms with Crippen LogP contribution in [0.2, 0.25) is 0 Å². The van der Waals surface area contributed by atoms with E-state index in [-0.39, 0.29) is 0 Å². The summed E-state index contributed by atoms with van der Waals surface area (Å²) in [6, 6.07) is 16.5. The smallest absolute Gasteiger partial charge is 0.123 e. The Morgan fingerprint density at radius 1 is 1.05 bits per heavy atom. The van der Waals surface area contributed by atoms with Gasteiger partial charge in [-0.2, -0.15) is 0 Å². The Labute approximate surface area is 132 Å². The Balaban J connectivity index is 1.87. The molecule has 1 aromatic heterocycles. The van der Waals surface area contributed by atoms with E-state index >= 15 is 0 Å². The molecule has 0 saturated heterocycles. The predicted octanol–water partition coefficient (Wildman–Crippen LogP) is 5.02. The monoisotopic (exact) mass is 341 g/mol. The molecule has 0 N–H and O–H groups in total. The Morgan fingerprint density at radius 2 is 1.90 bits per heavy atom. The number of nitrogens with zero attached hydrogens (tertiary/aromatic N) is 1. The molecule has 3 rings (SSSR count). The van der Waals surface area contributed by atoms with E-state index in [9.17, 15) is 0 Å². The molecule has 3 heteroatoms. The third kappa shape index (κ3) is 3.08. The van der Waals surface area contributed by atoms with Crippen molar-refractivity contribution in [2.75, 3.05) is 0 Å². The number of hydrogen-bond acceptors (Lipinski definition) is 2. The van der Waals surface area contributed by atoms with Gasteiger partial charge in [0.05, 0.1) is 5.52 Å². The summed E-state index contributed by atoms with van der Waals surface area (Å²) in [4.78, 5) is 4.46. The second kappa shape index (κ2) is 6.27. The third-order valence-corrected chi connectivity index (χ3v) is 4.06. The standard InChI is InChI=1S/C18H16BrNO/c1-13-7-8-17(16(10-13)11-19)21-12-15-5-2-4-14-6-3-9-20-18(14)15/h2-10H,11-12H2,1H3. The maximum absolute atomic E-state index is 6.01. The molecular formula is C18H16BrNO. The number of alkyl halides is 1. The van der Waals surface area contributed by atoms with Crippen LogP contribution >= 0.6 is 15.9 Å². The second-order valence-corrected chi connectivity index (χ2v) is 5.59. The number of aryl methyl sites for hydroxylation is 1. The van der Waals surface area contributed by atoms with Crippen molar-refractivity contribution < 1.29 is 4.74 Å². The number of hydrogen-bond donors (Lipinski definition) is 0. The number of halogens is 1. The van der Waals surface area contributed by atoms with Crippen LogP contribution in [0.5, 0.6) is 5.75 Å². The van der Waals surface area contributed by atoms with Gasteiger partial charge in [-0.15, -0.1) is 0 Å². The molecule has 0 aliphatic carbocycles. The Hall–Kier alpha value is -1.87. The maximum atomic E-state index is 6.01. The molecule has 0 aliphatic heterocycles. The van der Waals surface area contributed by atoms with Crippen molar-refractivity contribution in [3.8, 4) is 5.75 Å². The van der Waals surface area contributed by atoms with Crippen LogP contribution in [0.4, 0.5) is 0 Å². The molecule has 106 valence electrons. The Kier molecular flexibility index (Phi) is 4.20. The van der Waals surface area contributed by atoms with Gasteiger partial charge in [-0.1, -0.05) is 57.9 Å². The topological polar surface area (TPSA) is 22.1 Å². The highest BCUT2D eigenvalue weighted by Gasteiger charge is 2.06. The van der Waals surface area contributed by atoms with Gasteiger partial charge in [0.1, 0.15) is 12.4 Å². The van der Waals surface area contributed by atoms with Gasteiger partial charge in [0.25, 0.3) is 0 Å². The molecule has 2 aromatic carbocycles. The molecular weight excluding hydrogens is 326 g/mol. The lowest BCUT2D eigenvalue weighted by Gasteiger charge is -2.12. The normalized spacial score (nSPS) is 10.8. The van der Waals surface area contributed by atoms with Gasteiger partial charge >= 0.3 is 0 Å². The van der Waals surface area contributed by atoms with Crippen LogP contribution in [0, 0.1) is 6.92 Å². The molecule has 2 nitrogen and oxygen atoms in total. The lowest BCUT2D eigenvalue weighted by atomic mass is 10.1. The zero-order chi connectivity index (χ0) is 14.7. The van der Waals surface area contributed by atoms with Gasteiger partial charge in [0.2, 0.25) is 0 Å². The highest BCUT2D eigenvalue weighted by Crippen LogP contribution is 2.24. The highest BCUT2D eigenvalue weighted by molar-refractivity contribution is 9.08. The lowest BCUT2D eigenvalue weighted by molar-refractivity contribution is 0.305. The van der Waals surface area contributed by atoms with Gasteiger partial charge in [-0.25, -0.2) is 0 Å². The lowest BCUT2D eigenvalue weighted by Crippen LogP contribution is -1.99. The van der Waals surface area contributed by atoms with Gasteiger partial charge in [0, 0.05) is 28.0 Å². The van der Waals surface area contributed by atoms with Crippen molar-refractivity contribution in [1.29, 1.82) is 0 Å². The van der Waals surface area contributed by atoms with E-state index < -0.39 is 0 Å². The fourth-order valence-corrected chi connectivity index (χ4v) is 2.83. The van der Waals surface area contributed by atoms with Crippen molar-refractivity contribution in [2.24, 2.45) is 0 Å². The number of ether oxygens (including phenoxy) is 1. The van der Waals surface area contributed by atoms with E-state index in [2.05, 4.69) is 58.2 Å². The van der Waals surface area contributed by atoms with Crippen LogP contribution in [-0.2, 0) is 11.9 Å². The van der Waals surface area contributed by atoms with Crippen molar-refractivity contribution in [3.05, 3.63) is 71.4 Å². The molecule has 21 heavy (non-hydrogen) atoms. The first-order valence-electron chi connectivity index (χ1n) is 6.89. The molecule has 0 atom stereocenters. The molecule has 3 aromatic rings. The number of pyridine rings is 1. The predicted molar refractivity (Wildman–Crippen MR) is 89.9 cm³/mol. The summed E-state index contributed by atoms with van der Waals surface area (Å²) in [6.07, 6.45) is 1.82. The number of para-hydroxylation sites is 1. The van der Waals surface area contributed by atoms with Gasteiger partial charge in [0.15, 0.2) is 0 Å². The van der Waals surface area contributed by atoms with Crippen molar-refractivity contribution in [3.63, 3.8) is 0 Å². The number of aromatic nitrogens is 1. The minimum Gasteiger partial charge on any atom is -0.489 e. The highest BCUT2D eigenvalue weighted by atomic mass is 79.9. The largest absolute Gasteiger partial charge is 0.489 e. The summed E-state index contributed by atoms with van der Waals surface area (Å²) >= 11 is 3.52. The summed E-state index contributed by atoms with van der Waals surface area (Å²) in [5, 5.41) is 1.93. The molecule has 1 heterocycles. The van der Waals surface area contributed by atoms with E-state index in [0.29, 0.717) is 6.61 Å². The zero-order valence-electron chi connectivity index (χ0n) is 11.8. The first-order valence-corrected chi connectivity index (χ1v) is 8.01. The summed E-state index contributed by atoms with van der Waals surface area (Å²) < 4.78 is 6.01. The summed E-state index contributed by atoms with van der Waals surface area (Å²) in [6.45, 7) is 2.61. The quantitative estimate of drug-likeness (QED) is 0.621. The van der Waals surface area contributed by atoms with Crippen LogP contribution < -0.4 is 4.74 Å². The van der Waals surface area contributed by atoms with E-state index in [0.717, 1.165) is 27.5 Å². The zero-order valence-corrected chi connectivity index (χ0v) is 13.4. The minimum atomic E-state index is 0.525. The average Bonchev–Trinajstić information content (AvgIpc) is 2.53. The number of benzene rings is 2. The SMILES string of the molecule is Cc1ccc(OCc2cccc3cccnc23)c(CBr)c1. The molecule has 0 unspecified atom stereocenters. The van der Waals surface area contributed by atoms with Crippen LogP contribution in [0.3, 0.4) is 0 Å². The maximum Gasteiger partial charge on any atom is 0.123 e. The van der Waals surface area contributed by atoms with Gasteiger partial charge < -0.3 is 4.74 Å². The van der Waals surface area contributed by atoms with Gasteiger partial charge in [-0.3, -0.25) is 4.98 Å². The molecule has 0 radical (unpaired) electrons. The second-order valence-electron chi connectivity index (χ2n) is 5.03. The summed E-state index contributed by atoms with van der Waals surface area (Å²) in [5.41, 5.74) is 4.52. The van der Waals surface area contributed by atoms with E-state index in [1.165, 1.54) is 11.1 Å². The van der Waals surface area contributed by atoms with E-state index in [1.54, 1.807) is 0 Å². The fourth-order valence-electron chi connectivity index (χ4n) is 2.39. The molecule has 0 bridgehead atoms.